The molecule has 24 heavy (non-hydrogen) atoms. The minimum absolute atomic E-state index is 0.102. The zero-order chi connectivity index (χ0) is 17.7. The van der Waals surface area contributed by atoms with Crippen molar-refractivity contribution in [1.82, 2.24) is 4.90 Å². The number of hydrogen-bond acceptors (Lipinski definition) is 5. The first kappa shape index (κ1) is 17.9. The highest BCUT2D eigenvalue weighted by molar-refractivity contribution is 5.80. The van der Waals surface area contributed by atoms with Crippen molar-refractivity contribution in [3.63, 3.8) is 0 Å². The first-order chi connectivity index (χ1) is 11.5. The lowest BCUT2D eigenvalue weighted by Gasteiger charge is -2.30. The smallest absolute Gasteiger partial charge is 0.308 e. The summed E-state index contributed by atoms with van der Waals surface area (Å²) in [6.45, 7) is 0.853. The van der Waals surface area contributed by atoms with Crippen LogP contribution in [-0.2, 0) is 16.0 Å². The molecular formula is C17H23NO6. The van der Waals surface area contributed by atoms with Crippen molar-refractivity contribution in [1.29, 1.82) is 0 Å². The molecule has 0 saturated carbocycles. The molecule has 1 atom stereocenters. The molecule has 7 nitrogen and oxygen atoms in total. The Kier molecular flexibility index (Phi) is 5.89. The Labute approximate surface area is 141 Å². The molecule has 132 valence electrons. The predicted molar refractivity (Wildman–Crippen MR) is 86.7 cm³/mol. The van der Waals surface area contributed by atoms with E-state index in [1.54, 1.807) is 17.0 Å². The van der Waals surface area contributed by atoms with Crippen LogP contribution in [0.25, 0.3) is 0 Å². The van der Waals surface area contributed by atoms with E-state index < -0.39 is 11.9 Å². The van der Waals surface area contributed by atoms with Crippen molar-refractivity contribution < 1.29 is 28.9 Å². The van der Waals surface area contributed by atoms with Gasteiger partial charge in [-0.25, -0.2) is 0 Å². The summed E-state index contributed by atoms with van der Waals surface area (Å²) in [7, 11) is 4.56. The first-order valence-corrected chi connectivity index (χ1v) is 7.79. The van der Waals surface area contributed by atoms with E-state index >= 15 is 0 Å². The maximum atomic E-state index is 12.5. The number of likely N-dealkylation sites (tertiary alicyclic amines) is 1. The van der Waals surface area contributed by atoms with E-state index in [0.717, 1.165) is 5.56 Å². The van der Waals surface area contributed by atoms with Gasteiger partial charge in [-0.3, -0.25) is 9.59 Å². The van der Waals surface area contributed by atoms with Gasteiger partial charge in [0.25, 0.3) is 0 Å². The molecule has 0 aromatic heterocycles. The highest BCUT2D eigenvalue weighted by atomic mass is 16.5. The maximum Gasteiger partial charge on any atom is 0.308 e. The molecule has 2 rings (SSSR count). The number of carbonyl (C=O) groups excluding carboxylic acids is 1. The molecule has 7 heteroatoms. The van der Waals surface area contributed by atoms with E-state index in [4.69, 9.17) is 19.3 Å². The van der Waals surface area contributed by atoms with Crippen LogP contribution in [0.1, 0.15) is 18.4 Å². The van der Waals surface area contributed by atoms with Gasteiger partial charge in [-0.15, -0.1) is 0 Å². The average Bonchev–Trinajstić information content (AvgIpc) is 2.60. The fourth-order valence-electron chi connectivity index (χ4n) is 2.93. The highest BCUT2D eigenvalue weighted by Crippen LogP contribution is 2.38. The van der Waals surface area contributed by atoms with Crippen LogP contribution in [0.2, 0.25) is 0 Å². The van der Waals surface area contributed by atoms with Crippen LogP contribution in [0.5, 0.6) is 17.2 Å². The minimum Gasteiger partial charge on any atom is -0.493 e. The summed E-state index contributed by atoms with van der Waals surface area (Å²) in [5.74, 6) is 0.0154. The summed E-state index contributed by atoms with van der Waals surface area (Å²) in [5.41, 5.74) is 0.729. The third-order valence-corrected chi connectivity index (χ3v) is 4.20. The number of ether oxygens (including phenoxy) is 3. The van der Waals surface area contributed by atoms with Gasteiger partial charge >= 0.3 is 5.97 Å². The number of carboxylic acids is 1. The summed E-state index contributed by atoms with van der Waals surface area (Å²) >= 11 is 0. The Morgan fingerprint density at radius 3 is 2.29 bits per heavy atom. The second kappa shape index (κ2) is 7.90. The lowest BCUT2D eigenvalue weighted by Crippen LogP contribution is -2.43. The van der Waals surface area contributed by atoms with Gasteiger partial charge in [0.2, 0.25) is 11.7 Å². The Bertz CT molecular complexity index is 590. The van der Waals surface area contributed by atoms with Crippen LogP contribution < -0.4 is 14.2 Å². The first-order valence-electron chi connectivity index (χ1n) is 7.79. The Balaban J connectivity index is 2.15. The molecule has 1 heterocycles. The molecule has 0 radical (unpaired) electrons. The molecule has 1 fully saturated rings. The number of methoxy groups -OCH3 is 3. The molecule has 1 aliphatic heterocycles. The zero-order valence-electron chi connectivity index (χ0n) is 14.2. The fourth-order valence-corrected chi connectivity index (χ4v) is 2.93. The molecule has 0 aliphatic carbocycles. The van der Waals surface area contributed by atoms with Crippen LogP contribution in [0.4, 0.5) is 0 Å². The average molecular weight is 337 g/mol. The van der Waals surface area contributed by atoms with E-state index in [0.29, 0.717) is 36.6 Å². The standard InChI is InChI=1S/C17H23NO6/c1-22-13-7-11(8-14(23-2)16(13)24-3)9-15(19)18-6-4-5-12(10-18)17(20)21/h7-8,12H,4-6,9-10H2,1-3H3,(H,20,21). The predicted octanol–water partition coefficient (Wildman–Crippen LogP) is 1.58. The number of amides is 1. The van der Waals surface area contributed by atoms with Crippen LogP contribution >= 0.6 is 0 Å². The lowest BCUT2D eigenvalue weighted by atomic mass is 9.97. The van der Waals surface area contributed by atoms with Crippen LogP contribution in [-0.4, -0.2) is 56.3 Å². The highest BCUT2D eigenvalue weighted by Gasteiger charge is 2.28. The minimum atomic E-state index is -0.847. The van der Waals surface area contributed by atoms with E-state index in [1.165, 1.54) is 21.3 Å². The van der Waals surface area contributed by atoms with Crippen molar-refractivity contribution in [2.24, 2.45) is 5.92 Å². The van der Waals surface area contributed by atoms with E-state index in [-0.39, 0.29) is 18.9 Å². The summed E-state index contributed by atoms with van der Waals surface area (Å²) in [6, 6.07) is 3.47. The molecule has 1 amide bonds. The van der Waals surface area contributed by atoms with Gasteiger partial charge < -0.3 is 24.2 Å². The van der Waals surface area contributed by atoms with Gasteiger partial charge in [0.15, 0.2) is 11.5 Å². The number of aliphatic carboxylic acids is 1. The third kappa shape index (κ3) is 3.90. The maximum absolute atomic E-state index is 12.5. The SMILES string of the molecule is COc1cc(CC(=O)N2CCCC(C(=O)O)C2)cc(OC)c1OC. The largest absolute Gasteiger partial charge is 0.493 e. The molecule has 1 aromatic rings. The normalized spacial score (nSPS) is 17.3. The Morgan fingerprint density at radius 1 is 1.17 bits per heavy atom. The van der Waals surface area contributed by atoms with Crippen LogP contribution in [0.15, 0.2) is 12.1 Å². The molecule has 1 aromatic carbocycles. The number of nitrogens with zero attached hydrogens (tertiary/aromatic N) is 1. The monoisotopic (exact) mass is 337 g/mol. The van der Waals surface area contributed by atoms with Gasteiger partial charge in [-0.2, -0.15) is 0 Å². The number of benzene rings is 1. The van der Waals surface area contributed by atoms with Crippen LogP contribution in [0.3, 0.4) is 0 Å². The quantitative estimate of drug-likeness (QED) is 0.848. The molecule has 1 saturated heterocycles. The lowest BCUT2D eigenvalue weighted by molar-refractivity contribution is -0.145. The number of hydrogen-bond donors (Lipinski definition) is 1. The number of carbonyl (C=O) groups is 2. The van der Waals surface area contributed by atoms with Crippen molar-refractivity contribution in [2.75, 3.05) is 34.4 Å². The van der Waals surface area contributed by atoms with Crippen molar-refractivity contribution in [2.45, 2.75) is 19.3 Å². The molecule has 0 spiro atoms. The van der Waals surface area contributed by atoms with Gasteiger partial charge in [-0.05, 0) is 30.5 Å². The summed E-state index contributed by atoms with van der Waals surface area (Å²) in [6.07, 6.45) is 1.48. The van der Waals surface area contributed by atoms with E-state index in [1.807, 2.05) is 0 Å². The van der Waals surface area contributed by atoms with Gasteiger partial charge in [0.1, 0.15) is 0 Å². The molecular weight excluding hydrogens is 314 g/mol. The number of piperidine rings is 1. The third-order valence-electron chi connectivity index (χ3n) is 4.20. The number of rotatable bonds is 6. The Morgan fingerprint density at radius 2 is 1.79 bits per heavy atom. The van der Waals surface area contributed by atoms with Gasteiger partial charge in [0, 0.05) is 13.1 Å². The molecule has 1 unspecified atom stereocenters. The zero-order valence-corrected chi connectivity index (χ0v) is 14.2. The van der Waals surface area contributed by atoms with Crippen LogP contribution in [0, 0.1) is 5.92 Å². The van der Waals surface area contributed by atoms with E-state index in [9.17, 15) is 9.59 Å². The van der Waals surface area contributed by atoms with Crippen molar-refractivity contribution in [3.8, 4) is 17.2 Å². The van der Waals surface area contributed by atoms with Crippen molar-refractivity contribution >= 4 is 11.9 Å². The van der Waals surface area contributed by atoms with Crippen molar-refractivity contribution in [3.05, 3.63) is 17.7 Å². The topological polar surface area (TPSA) is 85.3 Å². The summed E-state index contributed by atoms with van der Waals surface area (Å²) in [4.78, 5) is 25.3. The van der Waals surface area contributed by atoms with Gasteiger partial charge in [-0.1, -0.05) is 0 Å². The van der Waals surface area contributed by atoms with Gasteiger partial charge in [0.05, 0.1) is 33.7 Å². The molecule has 0 bridgehead atoms. The molecule has 1 N–H and O–H groups in total. The Hall–Kier alpha value is -2.44. The second-order valence-electron chi connectivity index (χ2n) is 5.73. The fraction of sp³-hybridized carbons (Fsp3) is 0.529. The molecule has 1 aliphatic rings. The summed E-state index contributed by atoms with van der Waals surface area (Å²) < 4.78 is 15.8. The second-order valence-corrected chi connectivity index (χ2v) is 5.73. The summed E-state index contributed by atoms with van der Waals surface area (Å²) in [5, 5.41) is 9.14. The number of carboxylic acid groups (broad SMARTS) is 1. The van der Waals surface area contributed by atoms with E-state index in [2.05, 4.69) is 0 Å².